The van der Waals surface area contributed by atoms with Crippen molar-refractivity contribution in [3.8, 4) is 0 Å². The van der Waals surface area contributed by atoms with E-state index in [1.54, 1.807) is 18.3 Å². The summed E-state index contributed by atoms with van der Waals surface area (Å²) in [7, 11) is 0. The molecular weight excluding hydrogens is 305 g/mol. The Hall–Kier alpha value is -1.27. The molecule has 1 aromatic rings. The average Bonchev–Trinajstić information content (AvgIpc) is 2.36. The Morgan fingerprint density at radius 2 is 1.71 bits per heavy atom. The van der Waals surface area contributed by atoms with Gasteiger partial charge in [-0.25, -0.2) is 4.42 Å². The van der Waals surface area contributed by atoms with Gasteiger partial charge in [-0.2, -0.15) is 13.2 Å². The van der Waals surface area contributed by atoms with E-state index in [2.05, 4.69) is 0 Å². The lowest BCUT2D eigenvalue weighted by molar-refractivity contribution is -0.138. The summed E-state index contributed by atoms with van der Waals surface area (Å²) in [6.45, 7) is 4.40. The number of halogens is 4. The summed E-state index contributed by atoms with van der Waals surface area (Å²) in [6.07, 6.45) is -4.55. The highest BCUT2D eigenvalue weighted by Gasteiger charge is 2.39. The standard InChI is InChI=1S/C14H16ClF3N2O/c1-9-7-19(15)8-10(2)20(9)13(21)11-5-3-4-6-12(11)14(16,17)18/h3-6,9-10H,7-8H2,1-2H3. The Kier molecular flexibility index (Phi) is 4.49. The number of amides is 1. The zero-order chi connectivity index (χ0) is 15.8. The molecule has 3 nitrogen and oxygen atoms in total. The zero-order valence-electron chi connectivity index (χ0n) is 11.7. The first-order valence-electron chi connectivity index (χ1n) is 6.61. The summed E-state index contributed by atoms with van der Waals surface area (Å²) in [5.41, 5.74) is -1.21. The van der Waals surface area contributed by atoms with Crippen molar-refractivity contribution in [2.45, 2.75) is 32.1 Å². The maximum Gasteiger partial charge on any atom is 0.417 e. The molecular formula is C14H16ClF3N2O. The van der Waals surface area contributed by atoms with Crippen LogP contribution in [0.5, 0.6) is 0 Å². The average molecular weight is 321 g/mol. The number of rotatable bonds is 1. The fourth-order valence-electron chi connectivity index (χ4n) is 2.71. The molecule has 0 N–H and O–H groups in total. The smallest absolute Gasteiger partial charge is 0.331 e. The minimum atomic E-state index is -4.55. The summed E-state index contributed by atoms with van der Waals surface area (Å²) in [6, 6.07) is 4.37. The van der Waals surface area contributed by atoms with Crippen LogP contribution < -0.4 is 0 Å². The van der Waals surface area contributed by atoms with Gasteiger partial charge >= 0.3 is 6.18 Å². The maximum atomic E-state index is 13.0. The number of benzene rings is 1. The third-order valence-electron chi connectivity index (χ3n) is 3.57. The van der Waals surface area contributed by atoms with E-state index in [0.717, 1.165) is 6.07 Å². The lowest BCUT2D eigenvalue weighted by Crippen LogP contribution is -2.56. The van der Waals surface area contributed by atoms with Crippen molar-refractivity contribution >= 4 is 17.7 Å². The molecule has 0 aliphatic carbocycles. The van der Waals surface area contributed by atoms with Gasteiger partial charge in [0.2, 0.25) is 0 Å². The number of hydrogen-bond donors (Lipinski definition) is 0. The molecule has 116 valence electrons. The number of nitrogens with zero attached hydrogens (tertiary/aromatic N) is 2. The second kappa shape index (κ2) is 5.85. The van der Waals surface area contributed by atoms with Crippen molar-refractivity contribution in [3.05, 3.63) is 35.4 Å². The highest BCUT2D eigenvalue weighted by molar-refractivity contribution is 6.13. The molecule has 2 unspecified atom stereocenters. The van der Waals surface area contributed by atoms with Crippen molar-refractivity contribution in [3.63, 3.8) is 0 Å². The largest absolute Gasteiger partial charge is 0.417 e. The minimum absolute atomic E-state index is 0.250. The first kappa shape index (κ1) is 16.1. The monoisotopic (exact) mass is 320 g/mol. The number of hydrogen-bond acceptors (Lipinski definition) is 2. The predicted molar refractivity (Wildman–Crippen MR) is 74.0 cm³/mol. The molecule has 0 aromatic heterocycles. The topological polar surface area (TPSA) is 23.6 Å². The van der Waals surface area contributed by atoms with Crippen LogP contribution in [-0.4, -0.2) is 40.4 Å². The summed E-state index contributed by atoms with van der Waals surface area (Å²) >= 11 is 5.94. The van der Waals surface area contributed by atoms with Crippen LogP contribution in [0.3, 0.4) is 0 Å². The molecule has 0 radical (unpaired) electrons. The Labute approximate surface area is 126 Å². The van der Waals surface area contributed by atoms with Gasteiger partial charge in [0.25, 0.3) is 5.91 Å². The second-order valence-electron chi connectivity index (χ2n) is 5.28. The number of carbonyl (C=O) groups is 1. The van der Waals surface area contributed by atoms with Gasteiger partial charge in [0, 0.05) is 25.2 Å². The van der Waals surface area contributed by atoms with Gasteiger partial charge in [-0.1, -0.05) is 12.1 Å². The molecule has 1 fully saturated rings. The van der Waals surface area contributed by atoms with Crippen LogP contribution in [0.4, 0.5) is 13.2 Å². The molecule has 2 atom stereocenters. The minimum Gasteiger partial charge on any atom is -0.331 e. The van der Waals surface area contributed by atoms with Crippen LogP contribution in [0, 0.1) is 0 Å². The van der Waals surface area contributed by atoms with E-state index in [-0.39, 0.29) is 17.6 Å². The van der Waals surface area contributed by atoms with Gasteiger partial charge in [0.1, 0.15) is 0 Å². The molecule has 1 amide bonds. The lowest BCUT2D eigenvalue weighted by atomic mass is 10.0. The quantitative estimate of drug-likeness (QED) is 0.741. The molecule has 21 heavy (non-hydrogen) atoms. The third-order valence-corrected chi connectivity index (χ3v) is 3.85. The summed E-state index contributed by atoms with van der Waals surface area (Å²) in [5, 5.41) is 0. The SMILES string of the molecule is CC1CN(Cl)CC(C)N1C(=O)c1ccccc1C(F)(F)F. The molecule has 0 saturated carbocycles. The van der Waals surface area contributed by atoms with Crippen LogP contribution in [0.15, 0.2) is 24.3 Å². The highest BCUT2D eigenvalue weighted by atomic mass is 35.5. The van der Waals surface area contributed by atoms with E-state index in [1.165, 1.54) is 23.1 Å². The van der Waals surface area contributed by atoms with Crippen molar-refractivity contribution in [1.82, 2.24) is 9.32 Å². The van der Waals surface area contributed by atoms with Crippen LogP contribution in [-0.2, 0) is 6.18 Å². The van der Waals surface area contributed by atoms with E-state index >= 15 is 0 Å². The molecule has 2 rings (SSSR count). The van der Waals surface area contributed by atoms with E-state index in [9.17, 15) is 18.0 Å². The zero-order valence-corrected chi connectivity index (χ0v) is 12.4. The molecule has 1 aliphatic rings. The van der Waals surface area contributed by atoms with E-state index < -0.39 is 17.6 Å². The van der Waals surface area contributed by atoms with E-state index in [1.807, 2.05) is 0 Å². The molecule has 1 saturated heterocycles. The Morgan fingerprint density at radius 1 is 1.19 bits per heavy atom. The van der Waals surface area contributed by atoms with E-state index in [0.29, 0.717) is 13.1 Å². The number of piperazine rings is 1. The first-order valence-corrected chi connectivity index (χ1v) is 6.95. The molecule has 1 aromatic carbocycles. The van der Waals surface area contributed by atoms with Gasteiger partial charge in [0.05, 0.1) is 11.1 Å². The van der Waals surface area contributed by atoms with E-state index in [4.69, 9.17) is 11.8 Å². The third kappa shape index (κ3) is 3.32. The molecule has 1 aliphatic heterocycles. The summed E-state index contributed by atoms with van der Waals surface area (Å²) in [5.74, 6) is -0.604. The molecule has 0 bridgehead atoms. The Bertz CT molecular complexity index is 523. The van der Waals surface area contributed by atoms with Gasteiger partial charge in [-0.05, 0) is 37.8 Å². The molecule has 0 spiro atoms. The molecule has 7 heteroatoms. The summed E-state index contributed by atoms with van der Waals surface area (Å²) in [4.78, 5) is 14.0. The van der Waals surface area contributed by atoms with Gasteiger partial charge in [-0.3, -0.25) is 4.79 Å². The fourth-order valence-corrected chi connectivity index (χ4v) is 3.11. The van der Waals surface area contributed by atoms with Crippen LogP contribution in [0.25, 0.3) is 0 Å². The maximum absolute atomic E-state index is 13.0. The van der Waals surface area contributed by atoms with Gasteiger partial charge < -0.3 is 4.90 Å². The normalized spacial score (nSPS) is 24.2. The second-order valence-corrected chi connectivity index (χ2v) is 5.76. The van der Waals surface area contributed by atoms with Gasteiger partial charge in [0.15, 0.2) is 0 Å². The lowest BCUT2D eigenvalue weighted by Gasteiger charge is -2.42. The van der Waals surface area contributed by atoms with Crippen LogP contribution >= 0.6 is 11.8 Å². The molecule has 1 heterocycles. The predicted octanol–water partition coefficient (Wildman–Crippen LogP) is 3.39. The van der Waals surface area contributed by atoms with Crippen molar-refractivity contribution in [1.29, 1.82) is 0 Å². The fraction of sp³-hybridized carbons (Fsp3) is 0.500. The van der Waals surface area contributed by atoms with Crippen molar-refractivity contribution in [2.24, 2.45) is 0 Å². The number of carbonyl (C=O) groups excluding carboxylic acids is 1. The first-order chi connectivity index (χ1) is 9.71. The number of alkyl halides is 3. The summed E-state index contributed by atoms with van der Waals surface area (Å²) < 4.78 is 40.6. The highest BCUT2D eigenvalue weighted by Crippen LogP contribution is 2.33. The van der Waals surface area contributed by atoms with Crippen molar-refractivity contribution < 1.29 is 18.0 Å². The van der Waals surface area contributed by atoms with Crippen LogP contribution in [0.1, 0.15) is 29.8 Å². The Balaban J connectivity index is 2.37. The van der Waals surface area contributed by atoms with Crippen LogP contribution in [0.2, 0.25) is 0 Å². The van der Waals surface area contributed by atoms with Gasteiger partial charge in [-0.15, -0.1) is 0 Å². The van der Waals surface area contributed by atoms with Crippen molar-refractivity contribution in [2.75, 3.05) is 13.1 Å². The Morgan fingerprint density at radius 3 is 2.24 bits per heavy atom.